The van der Waals surface area contributed by atoms with E-state index in [9.17, 15) is 9.59 Å². The summed E-state index contributed by atoms with van der Waals surface area (Å²) in [6.07, 6.45) is 2.30. The van der Waals surface area contributed by atoms with Gasteiger partial charge in [-0.2, -0.15) is 0 Å². The lowest BCUT2D eigenvalue weighted by Crippen LogP contribution is -2.10. The number of aliphatic carboxylic acids is 2. The molecule has 0 radical (unpaired) electrons. The van der Waals surface area contributed by atoms with Crippen LogP contribution in [0.5, 0.6) is 11.5 Å². The predicted molar refractivity (Wildman–Crippen MR) is 72.4 cm³/mol. The van der Waals surface area contributed by atoms with Crippen molar-refractivity contribution < 1.29 is 29.3 Å². The Hall–Kier alpha value is -2.21. The smallest absolute Gasteiger partial charge is 0.341 e. The van der Waals surface area contributed by atoms with E-state index in [2.05, 4.69) is 0 Å². The summed E-state index contributed by atoms with van der Waals surface area (Å²) >= 11 is 5.99. The molecule has 20 heavy (non-hydrogen) atoms. The maximum absolute atomic E-state index is 10.5. The standard InChI is InChI=1S/C13H13ClO6/c1-2-19-10-6-8(3-4-11(15)16)5-9(14)13(10)20-7-12(17)18/h3-6H,2,7H2,1H3,(H,15,16)(H,17,18)/b4-3+. The molecule has 1 aromatic carbocycles. The fourth-order valence-electron chi connectivity index (χ4n) is 1.39. The molecule has 0 amide bonds. The molecule has 0 fully saturated rings. The van der Waals surface area contributed by atoms with Crippen LogP contribution in [-0.4, -0.2) is 35.4 Å². The Balaban J connectivity index is 3.10. The number of halogens is 1. The molecule has 1 rings (SSSR count). The lowest BCUT2D eigenvalue weighted by atomic mass is 10.2. The van der Waals surface area contributed by atoms with Crippen LogP contribution in [0.1, 0.15) is 12.5 Å². The third-order valence-corrected chi connectivity index (χ3v) is 2.37. The number of hydrogen-bond donors (Lipinski definition) is 2. The zero-order chi connectivity index (χ0) is 15.1. The number of rotatable bonds is 7. The minimum absolute atomic E-state index is 0.114. The molecule has 0 aromatic heterocycles. The van der Waals surface area contributed by atoms with Gasteiger partial charge in [0.2, 0.25) is 0 Å². The molecule has 0 saturated heterocycles. The van der Waals surface area contributed by atoms with Crippen LogP contribution >= 0.6 is 11.6 Å². The van der Waals surface area contributed by atoms with Gasteiger partial charge < -0.3 is 19.7 Å². The minimum atomic E-state index is -1.14. The van der Waals surface area contributed by atoms with Crippen molar-refractivity contribution in [2.75, 3.05) is 13.2 Å². The van der Waals surface area contributed by atoms with Crippen LogP contribution in [0.2, 0.25) is 5.02 Å². The molecule has 0 saturated carbocycles. The van der Waals surface area contributed by atoms with Crippen molar-refractivity contribution in [3.05, 3.63) is 28.8 Å². The van der Waals surface area contributed by atoms with Gasteiger partial charge in [0.05, 0.1) is 11.6 Å². The van der Waals surface area contributed by atoms with E-state index in [1.807, 2.05) is 0 Å². The van der Waals surface area contributed by atoms with Crippen LogP contribution in [0.4, 0.5) is 0 Å². The van der Waals surface area contributed by atoms with Crippen LogP contribution in [0.15, 0.2) is 18.2 Å². The molecule has 0 aliphatic carbocycles. The van der Waals surface area contributed by atoms with Crippen LogP contribution in [-0.2, 0) is 9.59 Å². The lowest BCUT2D eigenvalue weighted by molar-refractivity contribution is -0.139. The van der Waals surface area contributed by atoms with E-state index in [0.717, 1.165) is 6.08 Å². The molecular weight excluding hydrogens is 288 g/mol. The molecule has 0 aliphatic rings. The fourth-order valence-corrected chi connectivity index (χ4v) is 1.66. The van der Waals surface area contributed by atoms with Crippen molar-refractivity contribution in [3.8, 4) is 11.5 Å². The zero-order valence-corrected chi connectivity index (χ0v) is 11.4. The van der Waals surface area contributed by atoms with Gasteiger partial charge in [0.15, 0.2) is 18.1 Å². The number of hydrogen-bond acceptors (Lipinski definition) is 4. The van der Waals surface area contributed by atoms with Crippen molar-refractivity contribution in [2.24, 2.45) is 0 Å². The zero-order valence-electron chi connectivity index (χ0n) is 10.6. The van der Waals surface area contributed by atoms with E-state index in [-0.39, 0.29) is 16.5 Å². The van der Waals surface area contributed by atoms with Gasteiger partial charge in [0.25, 0.3) is 0 Å². The van der Waals surface area contributed by atoms with Gasteiger partial charge in [0, 0.05) is 6.08 Å². The molecule has 0 heterocycles. The SMILES string of the molecule is CCOc1cc(/C=C/C(=O)O)cc(Cl)c1OCC(=O)O. The summed E-state index contributed by atoms with van der Waals surface area (Å²) < 4.78 is 10.4. The van der Waals surface area contributed by atoms with Gasteiger partial charge in [-0.05, 0) is 30.7 Å². The summed E-state index contributed by atoms with van der Waals surface area (Å²) in [6.45, 7) is 1.52. The second kappa shape index (κ2) is 7.40. The summed E-state index contributed by atoms with van der Waals surface area (Å²) in [5, 5.41) is 17.3. The van der Waals surface area contributed by atoms with Crippen LogP contribution in [0, 0.1) is 0 Å². The van der Waals surface area contributed by atoms with Gasteiger partial charge in [-0.25, -0.2) is 9.59 Å². The fraction of sp³-hybridized carbons (Fsp3) is 0.231. The second-order valence-electron chi connectivity index (χ2n) is 3.62. The third kappa shape index (κ3) is 4.81. The molecular formula is C13H13ClO6. The molecule has 108 valence electrons. The quantitative estimate of drug-likeness (QED) is 0.751. The summed E-state index contributed by atoms with van der Waals surface area (Å²) in [6, 6.07) is 2.98. The maximum atomic E-state index is 10.5. The Bertz CT molecular complexity index is 538. The Labute approximate surface area is 120 Å². The summed E-state index contributed by atoms with van der Waals surface area (Å²) in [5.74, 6) is -1.86. The topological polar surface area (TPSA) is 93.1 Å². The summed E-state index contributed by atoms with van der Waals surface area (Å²) in [5.41, 5.74) is 0.503. The van der Waals surface area contributed by atoms with Gasteiger partial charge in [-0.3, -0.25) is 0 Å². The number of ether oxygens (including phenoxy) is 2. The number of carboxylic acids is 2. The van der Waals surface area contributed by atoms with Gasteiger partial charge in [0.1, 0.15) is 0 Å². The lowest BCUT2D eigenvalue weighted by Gasteiger charge is -2.13. The molecule has 7 heteroatoms. The number of carbonyl (C=O) groups is 2. The Morgan fingerprint density at radius 2 is 2.00 bits per heavy atom. The predicted octanol–water partition coefficient (Wildman–Crippen LogP) is 2.30. The average Bonchev–Trinajstić information content (AvgIpc) is 2.35. The minimum Gasteiger partial charge on any atom is -0.490 e. The number of benzene rings is 1. The van der Waals surface area contributed by atoms with E-state index in [4.69, 9.17) is 31.3 Å². The highest BCUT2D eigenvalue weighted by atomic mass is 35.5. The van der Waals surface area contributed by atoms with Crippen molar-refractivity contribution in [1.82, 2.24) is 0 Å². The normalized spacial score (nSPS) is 10.5. The van der Waals surface area contributed by atoms with Crippen LogP contribution in [0.3, 0.4) is 0 Å². The van der Waals surface area contributed by atoms with E-state index < -0.39 is 18.5 Å². The van der Waals surface area contributed by atoms with Crippen molar-refractivity contribution in [3.63, 3.8) is 0 Å². The summed E-state index contributed by atoms with van der Waals surface area (Å²) in [7, 11) is 0. The summed E-state index contributed by atoms with van der Waals surface area (Å²) in [4.78, 5) is 21.0. The van der Waals surface area contributed by atoms with Crippen molar-refractivity contribution in [1.29, 1.82) is 0 Å². The first kappa shape index (κ1) is 15.8. The Morgan fingerprint density at radius 3 is 2.55 bits per heavy atom. The highest BCUT2D eigenvalue weighted by Crippen LogP contribution is 2.37. The third-order valence-electron chi connectivity index (χ3n) is 2.09. The van der Waals surface area contributed by atoms with E-state index in [0.29, 0.717) is 12.2 Å². The maximum Gasteiger partial charge on any atom is 0.341 e. The van der Waals surface area contributed by atoms with E-state index >= 15 is 0 Å². The molecule has 0 atom stereocenters. The molecule has 0 bridgehead atoms. The highest BCUT2D eigenvalue weighted by Gasteiger charge is 2.13. The van der Waals surface area contributed by atoms with Gasteiger partial charge in [-0.15, -0.1) is 0 Å². The Kier molecular flexibility index (Phi) is 5.86. The molecule has 2 N–H and O–H groups in total. The van der Waals surface area contributed by atoms with E-state index in [1.165, 1.54) is 18.2 Å². The van der Waals surface area contributed by atoms with Crippen LogP contribution in [0.25, 0.3) is 6.08 Å². The van der Waals surface area contributed by atoms with E-state index in [1.54, 1.807) is 6.92 Å². The molecule has 1 aromatic rings. The first-order valence-electron chi connectivity index (χ1n) is 5.66. The molecule has 0 spiro atoms. The largest absolute Gasteiger partial charge is 0.490 e. The van der Waals surface area contributed by atoms with Crippen LogP contribution < -0.4 is 9.47 Å². The van der Waals surface area contributed by atoms with Gasteiger partial charge in [-0.1, -0.05) is 11.6 Å². The first-order chi connectivity index (χ1) is 9.43. The van der Waals surface area contributed by atoms with Gasteiger partial charge >= 0.3 is 11.9 Å². The number of carboxylic acid groups (broad SMARTS) is 2. The first-order valence-corrected chi connectivity index (χ1v) is 6.03. The van der Waals surface area contributed by atoms with Crippen molar-refractivity contribution >= 4 is 29.6 Å². The molecule has 0 unspecified atom stereocenters. The monoisotopic (exact) mass is 300 g/mol. The Morgan fingerprint density at radius 1 is 1.30 bits per heavy atom. The molecule has 6 nitrogen and oxygen atoms in total. The average molecular weight is 301 g/mol. The highest BCUT2D eigenvalue weighted by molar-refractivity contribution is 6.32. The second-order valence-corrected chi connectivity index (χ2v) is 4.02. The molecule has 0 aliphatic heterocycles. The van der Waals surface area contributed by atoms with Crippen molar-refractivity contribution in [2.45, 2.75) is 6.92 Å².